The average Bonchev–Trinajstić information content (AvgIpc) is 2.88. The van der Waals surface area contributed by atoms with Crippen LogP contribution in [0.15, 0.2) is 24.3 Å². The molecule has 0 bridgehead atoms. The quantitative estimate of drug-likeness (QED) is 0.806. The third-order valence-corrected chi connectivity index (χ3v) is 6.77. The van der Waals surface area contributed by atoms with Gasteiger partial charge in [-0.05, 0) is 84.8 Å². The summed E-state index contributed by atoms with van der Waals surface area (Å²) in [4.78, 5) is 12.4. The first kappa shape index (κ1) is 15.0. The van der Waals surface area contributed by atoms with Crippen molar-refractivity contribution in [2.75, 3.05) is 7.11 Å². The number of carbonyl (C=O) groups excluding carboxylic acids is 1. The monoisotopic (exact) mass is 310 g/mol. The SMILES string of the molecule is CCc1cc(OC)cc2c1[C@H]1CC[C@]3(C)C(=O)C=C[C@H]3[C@@H]1CC2. The summed E-state index contributed by atoms with van der Waals surface area (Å²) in [5, 5.41) is 0. The molecule has 0 spiro atoms. The number of aryl methyl sites for hydroxylation is 2. The maximum Gasteiger partial charge on any atom is 0.161 e. The Labute approximate surface area is 138 Å². The molecule has 0 amide bonds. The van der Waals surface area contributed by atoms with Crippen LogP contribution >= 0.6 is 0 Å². The summed E-state index contributed by atoms with van der Waals surface area (Å²) < 4.78 is 5.50. The Hall–Kier alpha value is -1.57. The number of carbonyl (C=O) groups is 1. The summed E-state index contributed by atoms with van der Waals surface area (Å²) in [5.74, 6) is 3.04. The van der Waals surface area contributed by atoms with Crippen LogP contribution in [0.3, 0.4) is 0 Å². The molecule has 0 heterocycles. The summed E-state index contributed by atoms with van der Waals surface area (Å²) >= 11 is 0. The molecule has 4 atom stereocenters. The molecule has 23 heavy (non-hydrogen) atoms. The number of rotatable bonds is 2. The average molecular weight is 310 g/mol. The van der Waals surface area contributed by atoms with Gasteiger partial charge >= 0.3 is 0 Å². The van der Waals surface area contributed by atoms with E-state index in [9.17, 15) is 4.79 Å². The van der Waals surface area contributed by atoms with Crippen LogP contribution in [-0.4, -0.2) is 12.9 Å². The van der Waals surface area contributed by atoms with Crippen molar-refractivity contribution in [1.82, 2.24) is 0 Å². The Morgan fingerprint density at radius 3 is 2.87 bits per heavy atom. The molecule has 1 aromatic rings. The first-order chi connectivity index (χ1) is 11.1. The van der Waals surface area contributed by atoms with Gasteiger partial charge in [-0.1, -0.05) is 19.9 Å². The minimum atomic E-state index is -0.127. The van der Waals surface area contributed by atoms with Gasteiger partial charge < -0.3 is 4.74 Å². The molecule has 2 nitrogen and oxygen atoms in total. The largest absolute Gasteiger partial charge is 0.497 e. The molecule has 0 N–H and O–H groups in total. The summed E-state index contributed by atoms with van der Waals surface area (Å²) in [6.45, 7) is 4.44. The maximum absolute atomic E-state index is 12.4. The fourth-order valence-electron chi connectivity index (χ4n) is 5.48. The van der Waals surface area contributed by atoms with E-state index < -0.39 is 0 Å². The van der Waals surface area contributed by atoms with Crippen molar-refractivity contribution in [1.29, 1.82) is 0 Å². The van der Waals surface area contributed by atoms with Gasteiger partial charge in [0.2, 0.25) is 0 Å². The van der Waals surface area contributed by atoms with Crippen molar-refractivity contribution in [3.63, 3.8) is 0 Å². The van der Waals surface area contributed by atoms with Crippen LogP contribution in [0, 0.1) is 17.3 Å². The number of allylic oxidation sites excluding steroid dienone is 2. The van der Waals surface area contributed by atoms with E-state index in [0.29, 0.717) is 23.5 Å². The molecule has 2 heteroatoms. The Balaban J connectivity index is 1.78. The summed E-state index contributed by atoms with van der Waals surface area (Å²) in [7, 11) is 1.76. The molecule has 0 aliphatic heterocycles. The zero-order chi connectivity index (χ0) is 16.2. The highest BCUT2D eigenvalue weighted by Crippen LogP contribution is 2.58. The summed E-state index contributed by atoms with van der Waals surface area (Å²) in [5.41, 5.74) is 4.39. The van der Waals surface area contributed by atoms with E-state index in [1.54, 1.807) is 12.7 Å². The third kappa shape index (κ3) is 2.03. The summed E-state index contributed by atoms with van der Waals surface area (Å²) in [6.07, 6.45) is 9.63. The molecule has 0 aromatic heterocycles. The van der Waals surface area contributed by atoms with E-state index in [4.69, 9.17) is 4.74 Å². The number of methoxy groups -OCH3 is 1. The second kappa shape index (κ2) is 5.22. The normalized spacial score (nSPS) is 34.7. The maximum atomic E-state index is 12.4. The van der Waals surface area contributed by atoms with Gasteiger partial charge in [0.15, 0.2) is 5.78 Å². The van der Waals surface area contributed by atoms with Crippen LogP contribution in [0.25, 0.3) is 0 Å². The standard InChI is InChI=1S/C21H26O2/c1-4-13-11-15(23-3)12-14-5-6-16-17(20(13)14)9-10-21(2)18(16)7-8-19(21)22/h7-8,11-12,16-18H,4-6,9-10H2,1-3H3/t16-,17+,18+,21+/m1/s1. The van der Waals surface area contributed by atoms with Gasteiger partial charge in [-0.25, -0.2) is 0 Å². The molecule has 1 saturated carbocycles. The van der Waals surface area contributed by atoms with Gasteiger partial charge in [0.05, 0.1) is 7.11 Å². The third-order valence-electron chi connectivity index (χ3n) is 6.77. The second-order valence-corrected chi connectivity index (χ2v) is 7.73. The van der Waals surface area contributed by atoms with Crippen LogP contribution < -0.4 is 4.74 Å². The molecule has 1 aromatic carbocycles. The van der Waals surface area contributed by atoms with E-state index >= 15 is 0 Å². The molecule has 0 saturated heterocycles. The number of hydrogen-bond acceptors (Lipinski definition) is 2. The van der Waals surface area contributed by atoms with Gasteiger partial charge in [-0.15, -0.1) is 0 Å². The predicted octanol–water partition coefficient (Wildman–Crippen LogP) is 4.46. The van der Waals surface area contributed by atoms with Gasteiger partial charge in [0.1, 0.15) is 5.75 Å². The second-order valence-electron chi connectivity index (χ2n) is 7.73. The molecule has 3 aliphatic carbocycles. The number of ketones is 1. The number of ether oxygens (including phenoxy) is 1. The molecular formula is C21H26O2. The number of benzene rings is 1. The van der Waals surface area contributed by atoms with E-state index in [1.807, 2.05) is 6.08 Å². The van der Waals surface area contributed by atoms with Crippen molar-refractivity contribution < 1.29 is 9.53 Å². The Kier molecular flexibility index (Phi) is 3.40. The van der Waals surface area contributed by atoms with Crippen molar-refractivity contribution in [2.45, 2.75) is 51.9 Å². The van der Waals surface area contributed by atoms with Crippen LogP contribution in [-0.2, 0) is 17.6 Å². The molecular weight excluding hydrogens is 284 g/mol. The minimum Gasteiger partial charge on any atom is -0.497 e. The number of fused-ring (bicyclic) bond motifs is 5. The van der Waals surface area contributed by atoms with E-state index in [2.05, 4.69) is 32.1 Å². The van der Waals surface area contributed by atoms with Crippen molar-refractivity contribution in [3.8, 4) is 5.75 Å². The molecule has 0 unspecified atom stereocenters. The molecule has 0 radical (unpaired) electrons. The van der Waals surface area contributed by atoms with Gasteiger partial charge in [0.25, 0.3) is 0 Å². The van der Waals surface area contributed by atoms with E-state index in [1.165, 1.54) is 17.5 Å². The molecule has 122 valence electrons. The van der Waals surface area contributed by atoms with Crippen molar-refractivity contribution in [2.24, 2.45) is 17.3 Å². The smallest absolute Gasteiger partial charge is 0.161 e. The lowest BCUT2D eigenvalue weighted by atomic mass is 9.55. The predicted molar refractivity (Wildman–Crippen MR) is 91.9 cm³/mol. The minimum absolute atomic E-state index is 0.127. The van der Waals surface area contributed by atoms with Crippen LogP contribution in [0.2, 0.25) is 0 Å². The fourth-order valence-corrected chi connectivity index (χ4v) is 5.48. The van der Waals surface area contributed by atoms with Gasteiger partial charge in [0, 0.05) is 5.41 Å². The van der Waals surface area contributed by atoms with E-state index in [0.717, 1.165) is 31.4 Å². The highest BCUT2D eigenvalue weighted by atomic mass is 16.5. The Morgan fingerprint density at radius 1 is 1.30 bits per heavy atom. The lowest BCUT2D eigenvalue weighted by Gasteiger charge is -2.48. The topological polar surface area (TPSA) is 26.3 Å². The zero-order valence-corrected chi connectivity index (χ0v) is 14.4. The molecule has 3 aliphatic rings. The Morgan fingerprint density at radius 2 is 2.13 bits per heavy atom. The van der Waals surface area contributed by atoms with Crippen molar-refractivity contribution >= 4 is 5.78 Å². The number of hydrogen-bond donors (Lipinski definition) is 0. The van der Waals surface area contributed by atoms with Crippen LogP contribution in [0.5, 0.6) is 5.75 Å². The molecule has 1 fully saturated rings. The molecule has 4 rings (SSSR count). The first-order valence-corrected chi connectivity index (χ1v) is 9.00. The van der Waals surface area contributed by atoms with Gasteiger partial charge in [-0.3, -0.25) is 4.79 Å². The first-order valence-electron chi connectivity index (χ1n) is 9.00. The zero-order valence-electron chi connectivity index (χ0n) is 14.4. The fraction of sp³-hybridized carbons (Fsp3) is 0.571. The lowest BCUT2D eigenvalue weighted by molar-refractivity contribution is -0.126. The Bertz CT molecular complexity index is 670. The highest BCUT2D eigenvalue weighted by Gasteiger charge is 2.52. The van der Waals surface area contributed by atoms with Crippen LogP contribution in [0.1, 0.15) is 55.7 Å². The lowest BCUT2D eigenvalue weighted by Crippen LogP contribution is -2.43. The van der Waals surface area contributed by atoms with Gasteiger partial charge in [-0.2, -0.15) is 0 Å². The van der Waals surface area contributed by atoms with Crippen LogP contribution in [0.4, 0.5) is 0 Å². The van der Waals surface area contributed by atoms with Crippen molar-refractivity contribution in [3.05, 3.63) is 41.0 Å². The summed E-state index contributed by atoms with van der Waals surface area (Å²) in [6, 6.07) is 4.47. The highest BCUT2D eigenvalue weighted by molar-refractivity contribution is 5.97. The van der Waals surface area contributed by atoms with E-state index in [-0.39, 0.29) is 5.41 Å².